The SMILES string of the molecule is Cc1cccc(N2C(=O)/C(=C/c3ccc(OC(=O)c4ccco4)c(Br)c3)SC2=S)c1. The van der Waals surface area contributed by atoms with Gasteiger partial charge in [0.05, 0.1) is 21.3 Å². The average Bonchev–Trinajstić information content (AvgIpc) is 3.33. The Bertz CT molecular complexity index is 1190. The lowest BCUT2D eigenvalue weighted by atomic mass is 10.2. The van der Waals surface area contributed by atoms with E-state index >= 15 is 0 Å². The number of thioether (sulfide) groups is 1. The van der Waals surface area contributed by atoms with Crippen LogP contribution in [0.15, 0.2) is 74.7 Å². The van der Waals surface area contributed by atoms with Crippen LogP contribution in [-0.2, 0) is 4.79 Å². The second-order valence-electron chi connectivity index (χ2n) is 6.41. The lowest BCUT2D eigenvalue weighted by Gasteiger charge is -2.14. The summed E-state index contributed by atoms with van der Waals surface area (Å²) < 4.78 is 11.4. The van der Waals surface area contributed by atoms with Gasteiger partial charge in [-0.3, -0.25) is 9.69 Å². The van der Waals surface area contributed by atoms with E-state index in [0.717, 1.165) is 16.8 Å². The summed E-state index contributed by atoms with van der Waals surface area (Å²) in [4.78, 5) is 27.0. The van der Waals surface area contributed by atoms with Crippen molar-refractivity contribution in [1.29, 1.82) is 0 Å². The predicted molar refractivity (Wildman–Crippen MR) is 125 cm³/mol. The molecule has 2 aromatic carbocycles. The summed E-state index contributed by atoms with van der Waals surface area (Å²) in [7, 11) is 0. The number of thiocarbonyl (C=S) groups is 1. The molecule has 8 heteroatoms. The molecule has 1 saturated heterocycles. The second kappa shape index (κ2) is 8.59. The van der Waals surface area contributed by atoms with Gasteiger partial charge in [-0.1, -0.05) is 42.2 Å². The van der Waals surface area contributed by atoms with Gasteiger partial charge in [0.25, 0.3) is 5.91 Å². The quantitative estimate of drug-likeness (QED) is 0.190. The molecule has 4 rings (SSSR count). The zero-order valence-corrected chi connectivity index (χ0v) is 18.8. The standard InChI is InChI=1S/C22H14BrNO4S2/c1-13-4-2-5-15(10-13)24-20(25)19(30-22(24)29)12-14-7-8-17(16(23)11-14)28-21(26)18-6-3-9-27-18/h2-12H,1H3/b19-12-. The maximum Gasteiger partial charge on any atom is 0.379 e. The summed E-state index contributed by atoms with van der Waals surface area (Å²) in [6.45, 7) is 1.97. The Hall–Kier alpha value is -2.68. The Balaban J connectivity index is 1.55. The van der Waals surface area contributed by atoms with Gasteiger partial charge in [0.1, 0.15) is 5.75 Å². The third-order valence-corrected chi connectivity index (χ3v) is 6.15. The van der Waals surface area contributed by atoms with Crippen molar-refractivity contribution in [3.05, 3.63) is 87.1 Å². The van der Waals surface area contributed by atoms with Crippen molar-refractivity contribution >= 4 is 67.9 Å². The Kier molecular flexibility index (Phi) is 5.90. The first kappa shape index (κ1) is 20.6. The zero-order chi connectivity index (χ0) is 21.3. The van der Waals surface area contributed by atoms with E-state index in [-0.39, 0.29) is 11.7 Å². The fraction of sp³-hybridized carbons (Fsp3) is 0.0455. The van der Waals surface area contributed by atoms with E-state index in [1.165, 1.54) is 29.0 Å². The third-order valence-electron chi connectivity index (χ3n) is 4.23. The van der Waals surface area contributed by atoms with Crippen molar-refractivity contribution < 1.29 is 18.7 Å². The number of halogens is 1. The van der Waals surface area contributed by atoms with Crippen molar-refractivity contribution in [2.24, 2.45) is 0 Å². The van der Waals surface area contributed by atoms with E-state index in [2.05, 4.69) is 15.9 Å². The number of ether oxygens (including phenoxy) is 1. The molecule has 0 N–H and O–H groups in total. The number of anilines is 1. The molecule has 0 spiro atoms. The summed E-state index contributed by atoms with van der Waals surface area (Å²) in [5, 5.41) is 0. The Morgan fingerprint density at radius 3 is 2.73 bits per heavy atom. The summed E-state index contributed by atoms with van der Waals surface area (Å²) in [6, 6.07) is 16.0. The first-order chi connectivity index (χ1) is 14.4. The van der Waals surface area contributed by atoms with E-state index in [4.69, 9.17) is 21.4 Å². The fourth-order valence-electron chi connectivity index (χ4n) is 2.84. The van der Waals surface area contributed by atoms with Crippen molar-refractivity contribution in [3.63, 3.8) is 0 Å². The fourth-order valence-corrected chi connectivity index (χ4v) is 4.62. The number of hydrogen-bond acceptors (Lipinski definition) is 6. The number of furan rings is 1. The topological polar surface area (TPSA) is 59.8 Å². The Labute approximate surface area is 190 Å². The summed E-state index contributed by atoms with van der Waals surface area (Å²) >= 11 is 10.1. The molecule has 0 bridgehead atoms. The molecule has 3 aromatic rings. The minimum absolute atomic E-state index is 0.116. The largest absolute Gasteiger partial charge is 0.457 e. The number of benzene rings is 2. The first-order valence-electron chi connectivity index (χ1n) is 8.82. The molecule has 1 amide bonds. The highest BCUT2D eigenvalue weighted by molar-refractivity contribution is 9.10. The summed E-state index contributed by atoms with van der Waals surface area (Å²) in [6.07, 6.45) is 3.17. The molecule has 30 heavy (non-hydrogen) atoms. The van der Waals surface area contributed by atoms with Gasteiger partial charge in [-0.15, -0.1) is 0 Å². The number of hydrogen-bond donors (Lipinski definition) is 0. The van der Waals surface area contributed by atoms with Crippen LogP contribution in [0.25, 0.3) is 6.08 Å². The van der Waals surface area contributed by atoms with Gasteiger partial charge in [0, 0.05) is 0 Å². The molecule has 5 nitrogen and oxygen atoms in total. The first-order valence-corrected chi connectivity index (χ1v) is 10.8. The number of aryl methyl sites for hydroxylation is 1. The van der Waals surface area contributed by atoms with E-state index in [1.54, 1.807) is 30.3 Å². The Morgan fingerprint density at radius 1 is 1.20 bits per heavy atom. The predicted octanol–water partition coefficient (Wildman–Crippen LogP) is 5.98. The highest BCUT2D eigenvalue weighted by atomic mass is 79.9. The van der Waals surface area contributed by atoms with Gasteiger partial charge in [0.2, 0.25) is 5.76 Å². The highest BCUT2D eigenvalue weighted by Gasteiger charge is 2.33. The van der Waals surface area contributed by atoms with E-state index < -0.39 is 5.97 Å². The molecule has 0 aliphatic carbocycles. The average molecular weight is 500 g/mol. The number of nitrogens with zero attached hydrogens (tertiary/aromatic N) is 1. The van der Waals surface area contributed by atoms with Gasteiger partial charge >= 0.3 is 5.97 Å². The van der Waals surface area contributed by atoms with Crippen molar-refractivity contribution in [3.8, 4) is 5.75 Å². The monoisotopic (exact) mass is 499 g/mol. The summed E-state index contributed by atoms with van der Waals surface area (Å²) in [5.41, 5.74) is 2.57. The number of esters is 1. The molecular weight excluding hydrogens is 486 g/mol. The molecule has 150 valence electrons. The molecule has 1 fully saturated rings. The number of carbonyl (C=O) groups is 2. The maximum absolute atomic E-state index is 12.9. The van der Waals surface area contributed by atoms with Crippen LogP contribution in [0.1, 0.15) is 21.7 Å². The molecule has 0 unspecified atom stereocenters. The second-order valence-corrected chi connectivity index (χ2v) is 8.94. The van der Waals surface area contributed by atoms with Crippen LogP contribution < -0.4 is 9.64 Å². The van der Waals surface area contributed by atoms with Gasteiger partial charge in [0.15, 0.2) is 4.32 Å². The van der Waals surface area contributed by atoms with Crippen molar-refractivity contribution in [1.82, 2.24) is 0 Å². The minimum Gasteiger partial charge on any atom is -0.457 e. The molecule has 0 saturated carbocycles. The maximum atomic E-state index is 12.9. The van der Waals surface area contributed by atoms with Crippen LogP contribution in [0.3, 0.4) is 0 Å². The van der Waals surface area contributed by atoms with Crippen molar-refractivity contribution in [2.45, 2.75) is 6.92 Å². The van der Waals surface area contributed by atoms with Gasteiger partial charge in [-0.05, 0) is 76.5 Å². The molecule has 0 radical (unpaired) electrons. The van der Waals surface area contributed by atoms with E-state index in [0.29, 0.717) is 19.4 Å². The molecule has 1 aliphatic heterocycles. The van der Waals surface area contributed by atoms with Crippen LogP contribution in [0.5, 0.6) is 5.75 Å². The highest BCUT2D eigenvalue weighted by Crippen LogP contribution is 2.37. The molecular formula is C22H14BrNO4S2. The van der Waals surface area contributed by atoms with Gasteiger partial charge < -0.3 is 9.15 Å². The van der Waals surface area contributed by atoms with Crippen LogP contribution in [-0.4, -0.2) is 16.2 Å². The number of carbonyl (C=O) groups excluding carboxylic acids is 2. The molecule has 0 atom stereocenters. The smallest absolute Gasteiger partial charge is 0.379 e. The molecule has 2 heterocycles. The lowest BCUT2D eigenvalue weighted by Crippen LogP contribution is -2.27. The van der Waals surface area contributed by atoms with Crippen LogP contribution in [0.4, 0.5) is 5.69 Å². The number of amides is 1. The zero-order valence-electron chi connectivity index (χ0n) is 15.6. The third kappa shape index (κ3) is 4.26. The van der Waals surface area contributed by atoms with Crippen molar-refractivity contribution in [2.75, 3.05) is 4.90 Å². The van der Waals surface area contributed by atoms with E-state index in [1.807, 2.05) is 31.2 Å². The lowest BCUT2D eigenvalue weighted by molar-refractivity contribution is -0.113. The van der Waals surface area contributed by atoms with E-state index in [9.17, 15) is 9.59 Å². The Morgan fingerprint density at radius 2 is 2.03 bits per heavy atom. The van der Waals surface area contributed by atoms with Crippen LogP contribution in [0, 0.1) is 6.92 Å². The van der Waals surface area contributed by atoms with Crippen LogP contribution in [0.2, 0.25) is 0 Å². The normalized spacial score (nSPS) is 15.1. The van der Waals surface area contributed by atoms with Crippen LogP contribution >= 0.6 is 39.9 Å². The van der Waals surface area contributed by atoms with Gasteiger partial charge in [-0.25, -0.2) is 4.79 Å². The minimum atomic E-state index is -0.590. The van der Waals surface area contributed by atoms with Gasteiger partial charge in [-0.2, -0.15) is 0 Å². The molecule has 1 aliphatic rings. The summed E-state index contributed by atoms with van der Waals surface area (Å²) in [5.74, 6) is -0.292. The number of rotatable bonds is 4. The molecule has 1 aromatic heterocycles.